The lowest BCUT2D eigenvalue weighted by atomic mass is 10.2. The molecule has 0 radical (unpaired) electrons. The Hall–Kier alpha value is -2.95. The highest BCUT2D eigenvalue weighted by molar-refractivity contribution is 5.94. The number of carbonyl (C=O) groups is 1. The van der Waals surface area contributed by atoms with Crippen molar-refractivity contribution in [2.45, 2.75) is 6.92 Å². The average Bonchev–Trinajstić information content (AvgIpc) is 3.06. The second kappa shape index (κ2) is 6.22. The SMILES string of the molecule is CCNC(=O)c1cccc(-n2ccc(-c3cccnc3)n2)c1. The zero-order valence-electron chi connectivity index (χ0n) is 12.2. The van der Waals surface area contributed by atoms with Gasteiger partial charge >= 0.3 is 0 Å². The minimum atomic E-state index is -0.0796. The summed E-state index contributed by atoms with van der Waals surface area (Å²) in [7, 11) is 0. The maximum Gasteiger partial charge on any atom is 0.251 e. The second-order valence-corrected chi connectivity index (χ2v) is 4.80. The Balaban J connectivity index is 1.91. The molecular formula is C17H16N4O. The third-order valence-electron chi connectivity index (χ3n) is 3.26. The minimum absolute atomic E-state index is 0.0796. The molecule has 1 N–H and O–H groups in total. The Labute approximate surface area is 128 Å². The number of amides is 1. The quantitative estimate of drug-likeness (QED) is 0.804. The van der Waals surface area contributed by atoms with Gasteiger partial charge in [-0.1, -0.05) is 6.07 Å². The van der Waals surface area contributed by atoms with E-state index in [0.717, 1.165) is 16.9 Å². The second-order valence-electron chi connectivity index (χ2n) is 4.80. The van der Waals surface area contributed by atoms with Crippen LogP contribution in [0.4, 0.5) is 0 Å². The summed E-state index contributed by atoms with van der Waals surface area (Å²) in [5, 5.41) is 7.34. The Morgan fingerprint density at radius 2 is 2.14 bits per heavy atom. The van der Waals surface area contributed by atoms with Crippen LogP contribution in [0.5, 0.6) is 0 Å². The molecule has 0 saturated heterocycles. The van der Waals surface area contributed by atoms with E-state index in [2.05, 4.69) is 15.4 Å². The van der Waals surface area contributed by atoms with Crippen molar-refractivity contribution in [2.24, 2.45) is 0 Å². The molecule has 2 heterocycles. The molecule has 0 atom stereocenters. The van der Waals surface area contributed by atoms with Gasteiger partial charge in [0, 0.05) is 36.3 Å². The van der Waals surface area contributed by atoms with Crippen molar-refractivity contribution in [3.63, 3.8) is 0 Å². The topological polar surface area (TPSA) is 59.8 Å². The Morgan fingerprint density at radius 1 is 1.23 bits per heavy atom. The van der Waals surface area contributed by atoms with Crippen molar-refractivity contribution in [1.82, 2.24) is 20.1 Å². The number of hydrogen-bond acceptors (Lipinski definition) is 3. The highest BCUT2D eigenvalue weighted by Crippen LogP contribution is 2.17. The smallest absolute Gasteiger partial charge is 0.251 e. The molecular weight excluding hydrogens is 276 g/mol. The summed E-state index contributed by atoms with van der Waals surface area (Å²) in [6.07, 6.45) is 5.38. The zero-order valence-corrected chi connectivity index (χ0v) is 12.2. The fraction of sp³-hybridized carbons (Fsp3) is 0.118. The van der Waals surface area contributed by atoms with Crippen molar-refractivity contribution in [2.75, 3.05) is 6.54 Å². The monoisotopic (exact) mass is 292 g/mol. The molecule has 5 heteroatoms. The zero-order chi connectivity index (χ0) is 15.4. The highest BCUT2D eigenvalue weighted by Gasteiger charge is 2.07. The summed E-state index contributed by atoms with van der Waals surface area (Å²) in [6, 6.07) is 13.2. The van der Waals surface area contributed by atoms with Gasteiger partial charge in [-0.05, 0) is 43.3 Å². The summed E-state index contributed by atoms with van der Waals surface area (Å²) in [6.45, 7) is 2.51. The summed E-state index contributed by atoms with van der Waals surface area (Å²) in [5.74, 6) is -0.0796. The van der Waals surface area contributed by atoms with Gasteiger partial charge in [-0.25, -0.2) is 4.68 Å². The van der Waals surface area contributed by atoms with Crippen LogP contribution in [-0.4, -0.2) is 27.2 Å². The number of nitrogens with one attached hydrogen (secondary N) is 1. The molecule has 5 nitrogen and oxygen atoms in total. The van der Waals surface area contributed by atoms with E-state index in [0.29, 0.717) is 12.1 Å². The molecule has 0 aliphatic rings. The van der Waals surface area contributed by atoms with Crippen LogP contribution in [0, 0.1) is 0 Å². The lowest BCUT2D eigenvalue weighted by Gasteiger charge is -2.05. The lowest BCUT2D eigenvalue weighted by molar-refractivity contribution is 0.0956. The van der Waals surface area contributed by atoms with Crippen LogP contribution in [0.1, 0.15) is 17.3 Å². The predicted molar refractivity (Wildman–Crippen MR) is 84.8 cm³/mol. The summed E-state index contributed by atoms with van der Waals surface area (Å²) in [5.41, 5.74) is 3.27. The van der Waals surface area contributed by atoms with Gasteiger partial charge in [0.2, 0.25) is 0 Å². The number of aromatic nitrogens is 3. The maximum atomic E-state index is 11.9. The largest absolute Gasteiger partial charge is 0.352 e. The van der Waals surface area contributed by atoms with Crippen LogP contribution in [-0.2, 0) is 0 Å². The molecule has 0 aliphatic heterocycles. The van der Waals surface area contributed by atoms with Crippen LogP contribution >= 0.6 is 0 Å². The Morgan fingerprint density at radius 3 is 2.91 bits per heavy atom. The molecule has 0 bridgehead atoms. The molecule has 22 heavy (non-hydrogen) atoms. The standard InChI is InChI=1S/C17H16N4O/c1-2-19-17(22)13-5-3-7-15(11-13)21-10-8-16(20-21)14-6-4-9-18-12-14/h3-12H,2H2,1H3,(H,19,22). The Bertz CT molecular complexity index is 780. The highest BCUT2D eigenvalue weighted by atomic mass is 16.1. The number of rotatable bonds is 4. The fourth-order valence-electron chi connectivity index (χ4n) is 2.19. The van der Waals surface area contributed by atoms with Gasteiger partial charge in [0.1, 0.15) is 0 Å². The van der Waals surface area contributed by atoms with E-state index >= 15 is 0 Å². The molecule has 2 aromatic heterocycles. The van der Waals surface area contributed by atoms with E-state index in [1.165, 1.54) is 0 Å². The van der Waals surface area contributed by atoms with Gasteiger partial charge in [0.15, 0.2) is 0 Å². The number of carbonyl (C=O) groups excluding carboxylic acids is 1. The van der Waals surface area contributed by atoms with Crippen LogP contribution in [0.2, 0.25) is 0 Å². The van der Waals surface area contributed by atoms with Gasteiger partial charge in [-0.3, -0.25) is 9.78 Å². The molecule has 110 valence electrons. The fourth-order valence-corrected chi connectivity index (χ4v) is 2.19. The van der Waals surface area contributed by atoms with E-state index < -0.39 is 0 Å². The lowest BCUT2D eigenvalue weighted by Crippen LogP contribution is -2.22. The number of hydrogen-bond donors (Lipinski definition) is 1. The molecule has 0 aliphatic carbocycles. The number of pyridine rings is 1. The summed E-state index contributed by atoms with van der Waals surface area (Å²) < 4.78 is 1.76. The first-order valence-electron chi connectivity index (χ1n) is 7.12. The van der Waals surface area contributed by atoms with E-state index in [4.69, 9.17) is 0 Å². The minimum Gasteiger partial charge on any atom is -0.352 e. The molecule has 0 unspecified atom stereocenters. The van der Waals surface area contributed by atoms with Crippen LogP contribution in [0.3, 0.4) is 0 Å². The maximum absolute atomic E-state index is 11.9. The third-order valence-corrected chi connectivity index (χ3v) is 3.26. The van der Waals surface area contributed by atoms with Gasteiger partial charge in [-0.2, -0.15) is 5.10 Å². The predicted octanol–water partition coefficient (Wildman–Crippen LogP) is 2.68. The summed E-state index contributed by atoms with van der Waals surface area (Å²) >= 11 is 0. The van der Waals surface area contributed by atoms with E-state index in [1.54, 1.807) is 23.1 Å². The third kappa shape index (κ3) is 2.88. The number of nitrogens with zero attached hydrogens (tertiary/aromatic N) is 3. The Kier molecular flexibility index (Phi) is 3.96. The molecule has 3 aromatic rings. The van der Waals surface area contributed by atoms with Crippen molar-refractivity contribution in [3.05, 3.63) is 66.6 Å². The molecule has 0 fully saturated rings. The first-order valence-corrected chi connectivity index (χ1v) is 7.12. The van der Waals surface area contributed by atoms with Gasteiger partial charge in [-0.15, -0.1) is 0 Å². The van der Waals surface area contributed by atoms with Crippen molar-refractivity contribution in [3.8, 4) is 16.9 Å². The van der Waals surface area contributed by atoms with Crippen molar-refractivity contribution >= 4 is 5.91 Å². The van der Waals surface area contributed by atoms with E-state index in [-0.39, 0.29) is 5.91 Å². The normalized spacial score (nSPS) is 10.4. The average molecular weight is 292 g/mol. The van der Waals surface area contributed by atoms with Crippen LogP contribution < -0.4 is 5.32 Å². The van der Waals surface area contributed by atoms with Crippen LogP contribution in [0.15, 0.2) is 61.1 Å². The first kappa shape index (κ1) is 14.0. The molecule has 0 saturated carbocycles. The number of benzene rings is 1. The van der Waals surface area contributed by atoms with E-state index in [9.17, 15) is 4.79 Å². The van der Waals surface area contributed by atoms with Crippen LogP contribution in [0.25, 0.3) is 16.9 Å². The summed E-state index contributed by atoms with van der Waals surface area (Å²) in [4.78, 5) is 16.0. The van der Waals surface area contributed by atoms with E-state index in [1.807, 2.05) is 49.5 Å². The van der Waals surface area contributed by atoms with Gasteiger partial charge < -0.3 is 5.32 Å². The van der Waals surface area contributed by atoms with Gasteiger partial charge in [0.05, 0.1) is 11.4 Å². The van der Waals surface area contributed by atoms with Crippen molar-refractivity contribution < 1.29 is 4.79 Å². The van der Waals surface area contributed by atoms with Crippen molar-refractivity contribution in [1.29, 1.82) is 0 Å². The molecule has 1 amide bonds. The molecule has 1 aromatic carbocycles. The first-order chi connectivity index (χ1) is 10.8. The van der Waals surface area contributed by atoms with Gasteiger partial charge in [0.25, 0.3) is 5.91 Å². The molecule has 3 rings (SSSR count). The molecule has 0 spiro atoms.